The Kier molecular flexibility index (Phi) is 8.36. The van der Waals surface area contributed by atoms with Crippen molar-refractivity contribution in [2.45, 2.75) is 26.2 Å². The number of hydrogen-bond acceptors (Lipinski definition) is 5. The smallest absolute Gasteiger partial charge is 0.320 e. The molecule has 0 spiro atoms. The van der Waals surface area contributed by atoms with Crippen LogP contribution in [-0.4, -0.2) is 31.4 Å². The fourth-order valence-electron chi connectivity index (χ4n) is 2.33. The van der Waals surface area contributed by atoms with E-state index in [0.29, 0.717) is 12.7 Å². The number of carbonyl (C=O) groups is 3. The van der Waals surface area contributed by atoms with Gasteiger partial charge in [0, 0.05) is 5.92 Å². The minimum Gasteiger partial charge on any atom is -0.465 e. The number of aldehydes is 1. The first-order valence-electron chi connectivity index (χ1n) is 7.64. The van der Waals surface area contributed by atoms with Gasteiger partial charge >= 0.3 is 11.9 Å². The summed E-state index contributed by atoms with van der Waals surface area (Å²) in [5, 5.41) is 0. The Labute approximate surface area is 136 Å². The predicted molar refractivity (Wildman–Crippen MR) is 85.8 cm³/mol. The van der Waals surface area contributed by atoms with E-state index < -0.39 is 23.8 Å². The maximum atomic E-state index is 12.3. The number of ether oxygens (including phenoxy) is 2. The zero-order chi connectivity index (χ0) is 17.1. The van der Waals surface area contributed by atoms with Crippen LogP contribution in [0.25, 0.3) is 0 Å². The minimum absolute atomic E-state index is 0.181. The SMILES string of the molecule is CCOC(=O)C(C(=O)OCC)[C@H](C/C=C/C=O)c1ccccc1. The molecule has 5 nitrogen and oxygen atoms in total. The summed E-state index contributed by atoms with van der Waals surface area (Å²) >= 11 is 0. The van der Waals surface area contributed by atoms with Crippen LogP contribution in [0.5, 0.6) is 0 Å². The minimum atomic E-state index is -1.06. The van der Waals surface area contributed by atoms with E-state index in [1.165, 1.54) is 6.08 Å². The molecule has 0 heterocycles. The quantitative estimate of drug-likeness (QED) is 0.303. The maximum Gasteiger partial charge on any atom is 0.320 e. The van der Waals surface area contributed by atoms with Crippen molar-refractivity contribution in [1.29, 1.82) is 0 Å². The van der Waals surface area contributed by atoms with Crippen molar-refractivity contribution < 1.29 is 23.9 Å². The number of benzene rings is 1. The van der Waals surface area contributed by atoms with Gasteiger partial charge in [0.15, 0.2) is 5.92 Å². The zero-order valence-electron chi connectivity index (χ0n) is 13.4. The molecular weight excluding hydrogens is 296 g/mol. The summed E-state index contributed by atoms with van der Waals surface area (Å²) < 4.78 is 10.1. The highest BCUT2D eigenvalue weighted by Gasteiger charge is 2.37. The molecule has 0 saturated carbocycles. The van der Waals surface area contributed by atoms with Crippen LogP contribution < -0.4 is 0 Å². The Balaban J connectivity index is 3.18. The number of allylic oxidation sites excluding steroid dienone is 2. The summed E-state index contributed by atoms with van der Waals surface area (Å²) in [6, 6.07) is 9.19. The average Bonchev–Trinajstić information content (AvgIpc) is 2.55. The summed E-state index contributed by atoms with van der Waals surface area (Å²) in [5.74, 6) is -2.74. The summed E-state index contributed by atoms with van der Waals surface area (Å²) in [7, 11) is 0. The van der Waals surface area contributed by atoms with Crippen LogP contribution in [0.15, 0.2) is 42.5 Å². The number of hydrogen-bond donors (Lipinski definition) is 0. The van der Waals surface area contributed by atoms with Crippen LogP contribution in [0.2, 0.25) is 0 Å². The summed E-state index contributed by atoms with van der Waals surface area (Å²) in [6.45, 7) is 3.73. The van der Waals surface area contributed by atoms with Gasteiger partial charge in [-0.05, 0) is 31.9 Å². The lowest BCUT2D eigenvalue weighted by atomic mass is 9.83. The van der Waals surface area contributed by atoms with Crippen molar-refractivity contribution in [3.63, 3.8) is 0 Å². The van der Waals surface area contributed by atoms with Crippen LogP contribution in [0.1, 0.15) is 31.7 Å². The Morgan fingerprint density at radius 3 is 2.09 bits per heavy atom. The van der Waals surface area contributed by atoms with Crippen LogP contribution >= 0.6 is 0 Å². The van der Waals surface area contributed by atoms with Gasteiger partial charge in [-0.1, -0.05) is 36.4 Å². The molecule has 0 aromatic heterocycles. The molecule has 0 fully saturated rings. The van der Waals surface area contributed by atoms with Gasteiger partial charge in [-0.25, -0.2) is 0 Å². The molecule has 0 radical (unpaired) electrons. The molecule has 1 aromatic carbocycles. The van der Waals surface area contributed by atoms with E-state index in [1.54, 1.807) is 19.9 Å². The van der Waals surface area contributed by atoms with E-state index in [9.17, 15) is 14.4 Å². The van der Waals surface area contributed by atoms with E-state index in [-0.39, 0.29) is 13.2 Å². The number of esters is 2. The van der Waals surface area contributed by atoms with Gasteiger partial charge in [-0.2, -0.15) is 0 Å². The molecule has 0 saturated heterocycles. The second kappa shape index (κ2) is 10.3. The lowest BCUT2D eigenvalue weighted by molar-refractivity contribution is -0.162. The average molecular weight is 318 g/mol. The summed E-state index contributed by atoms with van der Waals surface area (Å²) in [4.78, 5) is 35.1. The molecule has 0 bridgehead atoms. The van der Waals surface area contributed by atoms with Crippen molar-refractivity contribution in [3.05, 3.63) is 48.0 Å². The fraction of sp³-hybridized carbons (Fsp3) is 0.389. The second-order valence-electron chi connectivity index (χ2n) is 4.80. The van der Waals surface area contributed by atoms with Crippen molar-refractivity contribution in [3.8, 4) is 0 Å². The fourth-order valence-corrected chi connectivity index (χ4v) is 2.33. The lowest BCUT2D eigenvalue weighted by Crippen LogP contribution is -2.33. The normalized spacial score (nSPS) is 12.1. The molecular formula is C18H22O5. The highest BCUT2D eigenvalue weighted by atomic mass is 16.6. The molecule has 0 unspecified atom stereocenters. The predicted octanol–water partition coefficient (Wildman–Crippen LogP) is 2.66. The Bertz CT molecular complexity index is 518. The molecule has 0 aliphatic rings. The third-order valence-corrected chi connectivity index (χ3v) is 3.32. The molecule has 23 heavy (non-hydrogen) atoms. The van der Waals surface area contributed by atoms with Crippen molar-refractivity contribution >= 4 is 18.2 Å². The third-order valence-electron chi connectivity index (χ3n) is 3.32. The van der Waals surface area contributed by atoms with Crippen LogP contribution in [0, 0.1) is 5.92 Å². The largest absolute Gasteiger partial charge is 0.465 e. The van der Waals surface area contributed by atoms with Gasteiger partial charge in [0.05, 0.1) is 13.2 Å². The number of rotatable bonds is 9. The molecule has 124 valence electrons. The van der Waals surface area contributed by atoms with Crippen LogP contribution in [-0.2, 0) is 23.9 Å². The summed E-state index contributed by atoms with van der Waals surface area (Å²) in [5.41, 5.74) is 0.814. The highest BCUT2D eigenvalue weighted by Crippen LogP contribution is 2.31. The number of carbonyl (C=O) groups excluding carboxylic acids is 3. The van der Waals surface area contributed by atoms with E-state index in [0.717, 1.165) is 5.56 Å². The first-order chi connectivity index (χ1) is 11.2. The van der Waals surface area contributed by atoms with Gasteiger partial charge < -0.3 is 9.47 Å². The molecule has 1 atom stereocenters. The van der Waals surface area contributed by atoms with Gasteiger partial charge in [-0.15, -0.1) is 0 Å². The Morgan fingerprint density at radius 1 is 1.04 bits per heavy atom. The highest BCUT2D eigenvalue weighted by molar-refractivity contribution is 5.96. The molecule has 1 rings (SSSR count). The van der Waals surface area contributed by atoms with Crippen molar-refractivity contribution in [2.24, 2.45) is 5.92 Å². The van der Waals surface area contributed by atoms with Gasteiger partial charge in [0.1, 0.15) is 6.29 Å². The first-order valence-corrected chi connectivity index (χ1v) is 7.64. The summed E-state index contributed by atoms with van der Waals surface area (Å²) in [6.07, 6.45) is 4.00. The lowest BCUT2D eigenvalue weighted by Gasteiger charge is -2.23. The van der Waals surface area contributed by atoms with Gasteiger partial charge in [0.2, 0.25) is 0 Å². The monoisotopic (exact) mass is 318 g/mol. The molecule has 0 amide bonds. The standard InChI is InChI=1S/C18H22O5/c1-3-22-17(20)16(18(21)23-4-2)15(12-8-9-13-19)14-10-6-5-7-11-14/h5-11,13,15-16H,3-4,12H2,1-2H3/b9-8+/t15-/m1/s1. The first kappa shape index (κ1) is 18.6. The third kappa shape index (κ3) is 5.70. The van der Waals surface area contributed by atoms with Crippen LogP contribution in [0.4, 0.5) is 0 Å². The topological polar surface area (TPSA) is 69.7 Å². The molecule has 0 aliphatic carbocycles. The van der Waals surface area contributed by atoms with Crippen molar-refractivity contribution in [1.82, 2.24) is 0 Å². The van der Waals surface area contributed by atoms with E-state index in [4.69, 9.17) is 9.47 Å². The van der Waals surface area contributed by atoms with E-state index in [2.05, 4.69) is 0 Å². The second-order valence-corrected chi connectivity index (χ2v) is 4.80. The Hall–Kier alpha value is -2.43. The van der Waals surface area contributed by atoms with Gasteiger partial charge in [-0.3, -0.25) is 14.4 Å². The van der Waals surface area contributed by atoms with E-state index in [1.807, 2.05) is 30.3 Å². The molecule has 5 heteroatoms. The Morgan fingerprint density at radius 2 is 1.61 bits per heavy atom. The maximum absolute atomic E-state index is 12.3. The van der Waals surface area contributed by atoms with Crippen molar-refractivity contribution in [2.75, 3.05) is 13.2 Å². The van der Waals surface area contributed by atoms with Gasteiger partial charge in [0.25, 0.3) is 0 Å². The van der Waals surface area contributed by atoms with Crippen LogP contribution in [0.3, 0.4) is 0 Å². The zero-order valence-corrected chi connectivity index (χ0v) is 13.4. The van der Waals surface area contributed by atoms with E-state index >= 15 is 0 Å². The molecule has 0 aliphatic heterocycles. The molecule has 0 N–H and O–H groups in total. The molecule has 1 aromatic rings.